The summed E-state index contributed by atoms with van der Waals surface area (Å²) in [5, 5.41) is 2.84. The minimum atomic E-state index is 0.0577. The molecule has 0 fully saturated rings. The number of benzene rings is 2. The van der Waals surface area contributed by atoms with E-state index in [-0.39, 0.29) is 5.91 Å². The molecule has 0 bridgehead atoms. The number of hydrogen-bond acceptors (Lipinski definition) is 3. The van der Waals surface area contributed by atoms with Crippen LogP contribution in [0.25, 0.3) is 0 Å². The molecule has 0 aromatic heterocycles. The van der Waals surface area contributed by atoms with E-state index >= 15 is 0 Å². The number of carbonyl (C=O) groups is 1. The van der Waals surface area contributed by atoms with Gasteiger partial charge in [-0.2, -0.15) is 0 Å². The first-order chi connectivity index (χ1) is 9.13. The number of nitrogens with one attached hydrogen (secondary N) is 1. The van der Waals surface area contributed by atoms with Crippen molar-refractivity contribution in [3.63, 3.8) is 0 Å². The van der Waals surface area contributed by atoms with Gasteiger partial charge in [-0.15, -0.1) is 0 Å². The van der Waals surface area contributed by atoms with E-state index in [1.807, 2.05) is 49.5 Å². The molecule has 3 rings (SSSR count). The van der Waals surface area contributed by atoms with Crippen LogP contribution in [0.4, 0.5) is 22.7 Å². The summed E-state index contributed by atoms with van der Waals surface area (Å²) in [6.07, 6.45) is 0.457. The van der Waals surface area contributed by atoms with Crippen molar-refractivity contribution < 1.29 is 4.79 Å². The van der Waals surface area contributed by atoms with Gasteiger partial charge in [-0.3, -0.25) is 4.79 Å². The molecule has 0 saturated carbocycles. The Morgan fingerprint density at radius 2 is 1.79 bits per heavy atom. The van der Waals surface area contributed by atoms with Crippen LogP contribution in [-0.2, 0) is 11.2 Å². The van der Waals surface area contributed by atoms with Gasteiger partial charge in [0.25, 0.3) is 0 Å². The average Bonchev–Trinajstić information content (AvgIpc) is 2.77. The van der Waals surface area contributed by atoms with Gasteiger partial charge in [-0.1, -0.05) is 0 Å². The third-order valence-electron chi connectivity index (χ3n) is 3.38. The highest BCUT2D eigenvalue weighted by atomic mass is 16.1. The van der Waals surface area contributed by atoms with Crippen LogP contribution in [0.3, 0.4) is 0 Å². The van der Waals surface area contributed by atoms with Crippen molar-refractivity contribution in [1.29, 1.82) is 0 Å². The highest BCUT2D eigenvalue weighted by Gasteiger charge is 2.18. The molecule has 0 aliphatic carbocycles. The van der Waals surface area contributed by atoms with E-state index in [1.165, 1.54) is 0 Å². The third-order valence-corrected chi connectivity index (χ3v) is 3.38. The summed E-state index contributed by atoms with van der Waals surface area (Å²) in [5.41, 5.74) is 10.5. The molecular weight excluding hydrogens is 238 g/mol. The predicted molar refractivity (Wildman–Crippen MR) is 77.7 cm³/mol. The normalized spacial score (nSPS) is 13.0. The van der Waals surface area contributed by atoms with E-state index in [0.29, 0.717) is 6.42 Å². The lowest BCUT2D eigenvalue weighted by molar-refractivity contribution is -0.115. The first-order valence-electron chi connectivity index (χ1n) is 6.15. The molecule has 1 heterocycles. The molecule has 1 aliphatic heterocycles. The van der Waals surface area contributed by atoms with Crippen LogP contribution in [0, 0.1) is 0 Å². The van der Waals surface area contributed by atoms with Gasteiger partial charge in [-0.25, -0.2) is 0 Å². The van der Waals surface area contributed by atoms with E-state index in [9.17, 15) is 4.79 Å². The quantitative estimate of drug-likeness (QED) is 0.809. The Bertz CT molecular complexity index is 634. The summed E-state index contributed by atoms with van der Waals surface area (Å²) < 4.78 is 0. The Morgan fingerprint density at radius 3 is 2.53 bits per heavy atom. The second-order valence-corrected chi connectivity index (χ2v) is 4.72. The first kappa shape index (κ1) is 11.6. The minimum Gasteiger partial charge on any atom is -0.399 e. The number of rotatable bonds is 2. The van der Waals surface area contributed by atoms with Crippen LogP contribution >= 0.6 is 0 Å². The van der Waals surface area contributed by atoms with Crippen LogP contribution in [-0.4, -0.2) is 13.0 Å². The fourth-order valence-electron chi connectivity index (χ4n) is 2.27. The number of amides is 1. The molecule has 19 heavy (non-hydrogen) atoms. The average molecular weight is 253 g/mol. The van der Waals surface area contributed by atoms with E-state index in [1.54, 1.807) is 0 Å². The van der Waals surface area contributed by atoms with Gasteiger partial charge in [0.05, 0.1) is 6.42 Å². The molecule has 4 heteroatoms. The van der Waals surface area contributed by atoms with Crippen LogP contribution < -0.4 is 16.0 Å². The highest BCUT2D eigenvalue weighted by Crippen LogP contribution is 2.30. The lowest BCUT2D eigenvalue weighted by Gasteiger charge is -2.20. The van der Waals surface area contributed by atoms with E-state index in [0.717, 1.165) is 28.3 Å². The lowest BCUT2D eigenvalue weighted by atomic mass is 10.1. The number of anilines is 4. The molecule has 0 spiro atoms. The zero-order chi connectivity index (χ0) is 13.4. The van der Waals surface area contributed by atoms with Crippen molar-refractivity contribution >= 4 is 28.7 Å². The summed E-state index contributed by atoms with van der Waals surface area (Å²) in [7, 11) is 2.00. The van der Waals surface area contributed by atoms with E-state index in [4.69, 9.17) is 5.73 Å². The number of nitrogens with zero attached hydrogens (tertiary/aromatic N) is 1. The number of fused-ring (bicyclic) bond motifs is 1. The van der Waals surface area contributed by atoms with Crippen LogP contribution in [0.15, 0.2) is 42.5 Å². The third kappa shape index (κ3) is 2.12. The van der Waals surface area contributed by atoms with Crippen molar-refractivity contribution in [1.82, 2.24) is 0 Å². The molecule has 0 atom stereocenters. The standard InChI is InChI=1S/C15H15N3O/c1-18(12-4-2-11(16)3-5-12)13-6-7-14-10(8-13)9-15(19)17-14/h2-8H,9,16H2,1H3,(H,17,19). The molecule has 0 unspecified atom stereocenters. The minimum absolute atomic E-state index is 0.0577. The number of hydrogen-bond donors (Lipinski definition) is 2. The summed E-state index contributed by atoms with van der Waals surface area (Å²) >= 11 is 0. The van der Waals surface area contributed by atoms with Crippen molar-refractivity contribution in [2.75, 3.05) is 23.0 Å². The van der Waals surface area contributed by atoms with Crippen molar-refractivity contribution in [3.8, 4) is 0 Å². The van der Waals surface area contributed by atoms with Gasteiger partial charge in [0, 0.05) is 29.8 Å². The number of nitrogen functional groups attached to an aromatic ring is 1. The Hall–Kier alpha value is -2.49. The largest absolute Gasteiger partial charge is 0.399 e. The van der Waals surface area contributed by atoms with Crippen molar-refractivity contribution in [3.05, 3.63) is 48.0 Å². The zero-order valence-corrected chi connectivity index (χ0v) is 10.7. The topological polar surface area (TPSA) is 58.4 Å². The van der Waals surface area contributed by atoms with E-state index < -0.39 is 0 Å². The predicted octanol–water partition coefficient (Wildman–Crippen LogP) is 2.53. The molecule has 2 aromatic rings. The second-order valence-electron chi connectivity index (χ2n) is 4.72. The van der Waals surface area contributed by atoms with Crippen LogP contribution in [0.5, 0.6) is 0 Å². The maximum Gasteiger partial charge on any atom is 0.228 e. The molecule has 0 saturated heterocycles. The molecule has 2 aromatic carbocycles. The van der Waals surface area contributed by atoms with Crippen molar-refractivity contribution in [2.24, 2.45) is 0 Å². The molecule has 3 N–H and O–H groups in total. The fraction of sp³-hybridized carbons (Fsp3) is 0.133. The number of carbonyl (C=O) groups excluding carboxylic acids is 1. The van der Waals surface area contributed by atoms with Crippen LogP contribution in [0.2, 0.25) is 0 Å². The first-order valence-corrected chi connectivity index (χ1v) is 6.15. The number of nitrogens with two attached hydrogens (primary N) is 1. The van der Waals surface area contributed by atoms with Gasteiger partial charge >= 0.3 is 0 Å². The molecular formula is C15H15N3O. The second kappa shape index (κ2) is 4.31. The molecule has 1 aliphatic rings. The molecule has 1 amide bonds. The molecule has 0 radical (unpaired) electrons. The van der Waals surface area contributed by atoms with Crippen molar-refractivity contribution in [2.45, 2.75) is 6.42 Å². The Kier molecular flexibility index (Phi) is 2.63. The smallest absolute Gasteiger partial charge is 0.228 e. The zero-order valence-electron chi connectivity index (χ0n) is 10.7. The van der Waals surface area contributed by atoms with Gasteiger partial charge in [0.2, 0.25) is 5.91 Å². The van der Waals surface area contributed by atoms with Gasteiger partial charge in [0.1, 0.15) is 0 Å². The van der Waals surface area contributed by atoms with Gasteiger partial charge in [0.15, 0.2) is 0 Å². The molecule has 4 nitrogen and oxygen atoms in total. The monoisotopic (exact) mass is 253 g/mol. The maximum atomic E-state index is 11.4. The summed E-state index contributed by atoms with van der Waals surface area (Å²) in [6, 6.07) is 13.7. The van der Waals surface area contributed by atoms with Gasteiger partial charge < -0.3 is 16.0 Å². The summed E-state index contributed by atoms with van der Waals surface area (Å²) in [4.78, 5) is 13.4. The fourth-order valence-corrected chi connectivity index (χ4v) is 2.27. The van der Waals surface area contributed by atoms with E-state index in [2.05, 4.69) is 10.2 Å². The highest BCUT2D eigenvalue weighted by molar-refractivity contribution is 5.99. The Morgan fingerprint density at radius 1 is 1.11 bits per heavy atom. The SMILES string of the molecule is CN(c1ccc(N)cc1)c1ccc2c(c1)CC(=O)N2. The van der Waals surface area contributed by atoms with Crippen LogP contribution in [0.1, 0.15) is 5.56 Å². The lowest BCUT2D eigenvalue weighted by Crippen LogP contribution is -2.09. The van der Waals surface area contributed by atoms with Gasteiger partial charge in [-0.05, 0) is 48.0 Å². The summed E-state index contributed by atoms with van der Waals surface area (Å²) in [5.74, 6) is 0.0577. The Labute approximate surface area is 111 Å². The Balaban J connectivity index is 1.92. The maximum absolute atomic E-state index is 11.4. The molecule has 96 valence electrons. The summed E-state index contributed by atoms with van der Waals surface area (Å²) in [6.45, 7) is 0.